The van der Waals surface area contributed by atoms with E-state index in [4.69, 9.17) is 14.1 Å². The summed E-state index contributed by atoms with van der Waals surface area (Å²) >= 11 is 0. The summed E-state index contributed by atoms with van der Waals surface area (Å²) in [6, 6.07) is 17.4. The average Bonchev–Trinajstić information content (AvgIpc) is 3.09. The molecule has 1 amide bonds. The summed E-state index contributed by atoms with van der Waals surface area (Å²) in [5.41, 5.74) is 1.73. The number of carbonyl (C=O) groups excluding carboxylic acids is 1. The summed E-state index contributed by atoms with van der Waals surface area (Å²) in [6.07, 6.45) is 0. The third-order valence-corrected chi connectivity index (χ3v) is 5.11. The zero-order valence-electron chi connectivity index (χ0n) is 16.8. The number of hydrogen-bond acceptors (Lipinski definition) is 5. The van der Waals surface area contributed by atoms with Crippen LogP contribution in [-0.2, 0) is 11.3 Å². The highest BCUT2D eigenvalue weighted by atomic mass is 16.5. The van der Waals surface area contributed by atoms with E-state index >= 15 is 0 Å². The highest BCUT2D eigenvalue weighted by Gasteiger charge is 2.24. The fourth-order valence-corrected chi connectivity index (χ4v) is 3.45. The van der Waals surface area contributed by atoms with Crippen molar-refractivity contribution in [3.63, 3.8) is 0 Å². The fraction of sp³-hybridized carbons (Fsp3) is 0.304. The van der Waals surface area contributed by atoms with Gasteiger partial charge < -0.3 is 14.1 Å². The van der Waals surface area contributed by atoms with Gasteiger partial charge in [0, 0.05) is 31.7 Å². The van der Waals surface area contributed by atoms with Crippen LogP contribution in [0.4, 0.5) is 0 Å². The van der Waals surface area contributed by atoms with Crippen LogP contribution < -0.4 is 4.74 Å². The maximum absolute atomic E-state index is 12.2. The Morgan fingerprint density at radius 1 is 1.07 bits per heavy atom. The fourth-order valence-electron chi connectivity index (χ4n) is 3.45. The summed E-state index contributed by atoms with van der Waals surface area (Å²) in [4.78, 5) is 20.9. The molecule has 0 aliphatic carbocycles. The minimum atomic E-state index is 0.172. The van der Waals surface area contributed by atoms with Gasteiger partial charge in [-0.3, -0.25) is 9.69 Å². The summed E-state index contributed by atoms with van der Waals surface area (Å²) in [5, 5.41) is 0. The smallest absolute Gasteiger partial charge is 0.236 e. The van der Waals surface area contributed by atoms with Gasteiger partial charge in [-0.2, -0.15) is 0 Å². The molecule has 0 radical (unpaired) electrons. The van der Waals surface area contributed by atoms with E-state index in [1.165, 1.54) is 0 Å². The molecule has 0 unspecified atom stereocenters. The molecule has 150 valence electrons. The van der Waals surface area contributed by atoms with Crippen LogP contribution in [0.25, 0.3) is 11.5 Å². The molecule has 29 heavy (non-hydrogen) atoms. The second kappa shape index (κ2) is 8.49. The van der Waals surface area contributed by atoms with Crippen molar-refractivity contribution in [3.8, 4) is 23.0 Å². The molecule has 4 rings (SSSR count). The molecule has 2 aromatic carbocycles. The molecule has 6 heteroatoms. The number of piperazine rings is 1. The number of rotatable bonds is 6. The van der Waals surface area contributed by atoms with Crippen molar-refractivity contribution in [3.05, 3.63) is 66.1 Å². The van der Waals surface area contributed by atoms with Crippen molar-refractivity contribution in [1.29, 1.82) is 0 Å². The van der Waals surface area contributed by atoms with Crippen molar-refractivity contribution in [2.75, 3.05) is 26.2 Å². The standard InChI is InChI=1S/C23H25N3O3/c1-3-26-13-12-25(16-22(26)27)15-21-17(2)28-23(24-21)18-8-7-11-20(14-18)29-19-9-5-4-6-10-19/h4-11,14H,3,12-13,15-16H2,1-2H3. The first-order valence-corrected chi connectivity index (χ1v) is 9.92. The summed E-state index contributed by atoms with van der Waals surface area (Å²) in [7, 11) is 0. The number of amides is 1. The van der Waals surface area contributed by atoms with Gasteiger partial charge in [0.2, 0.25) is 11.8 Å². The molecule has 2 heterocycles. The molecule has 1 saturated heterocycles. The Morgan fingerprint density at radius 3 is 2.62 bits per heavy atom. The molecular weight excluding hydrogens is 366 g/mol. The minimum absolute atomic E-state index is 0.172. The Morgan fingerprint density at radius 2 is 1.86 bits per heavy atom. The van der Waals surface area contributed by atoms with Crippen LogP contribution >= 0.6 is 0 Å². The van der Waals surface area contributed by atoms with Crippen molar-refractivity contribution < 1.29 is 13.9 Å². The predicted molar refractivity (Wildman–Crippen MR) is 111 cm³/mol. The summed E-state index contributed by atoms with van der Waals surface area (Å²) < 4.78 is 11.8. The molecule has 3 aromatic rings. The number of oxazole rings is 1. The summed E-state index contributed by atoms with van der Waals surface area (Å²) in [5.74, 6) is 3.03. The Kier molecular flexibility index (Phi) is 5.62. The number of aryl methyl sites for hydroxylation is 1. The van der Waals surface area contributed by atoms with Crippen molar-refractivity contribution in [1.82, 2.24) is 14.8 Å². The van der Waals surface area contributed by atoms with Crippen LogP contribution in [0.5, 0.6) is 11.5 Å². The first-order valence-electron chi connectivity index (χ1n) is 9.92. The number of para-hydroxylation sites is 1. The van der Waals surface area contributed by atoms with E-state index in [0.717, 1.165) is 48.2 Å². The van der Waals surface area contributed by atoms with Crippen LogP contribution in [0.1, 0.15) is 18.4 Å². The number of benzene rings is 2. The number of carbonyl (C=O) groups is 1. The normalized spacial score (nSPS) is 15.0. The SMILES string of the molecule is CCN1CCN(Cc2nc(-c3cccc(Oc4ccccc4)c3)oc2C)CC1=O. The molecule has 1 aliphatic rings. The van der Waals surface area contributed by atoms with Crippen LogP contribution in [0.15, 0.2) is 59.0 Å². The third kappa shape index (κ3) is 4.49. The lowest BCUT2D eigenvalue weighted by Crippen LogP contribution is -2.49. The number of hydrogen-bond donors (Lipinski definition) is 0. The van der Waals surface area contributed by atoms with E-state index in [-0.39, 0.29) is 5.91 Å². The van der Waals surface area contributed by atoms with Gasteiger partial charge in [-0.05, 0) is 44.2 Å². The minimum Gasteiger partial charge on any atom is -0.457 e. The van der Waals surface area contributed by atoms with Gasteiger partial charge >= 0.3 is 0 Å². The Labute approximate surface area is 170 Å². The largest absolute Gasteiger partial charge is 0.457 e. The molecule has 6 nitrogen and oxygen atoms in total. The monoisotopic (exact) mass is 391 g/mol. The zero-order chi connectivity index (χ0) is 20.2. The predicted octanol–water partition coefficient (Wildman–Crippen LogP) is 4.11. The van der Waals surface area contributed by atoms with Crippen LogP contribution in [0.2, 0.25) is 0 Å². The maximum atomic E-state index is 12.2. The van der Waals surface area contributed by atoms with Crippen molar-refractivity contribution >= 4 is 5.91 Å². The van der Waals surface area contributed by atoms with Gasteiger partial charge in [0.1, 0.15) is 17.3 Å². The Hall–Kier alpha value is -3.12. The Bertz CT molecular complexity index is 984. The molecule has 1 aromatic heterocycles. The van der Waals surface area contributed by atoms with Crippen LogP contribution in [0, 0.1) is 6.92 Å². The number of likely N-dealkylation sites (N-methyl/N-ethyl adjacent to an activating group) is 1. The van der Waals surface area contributed by atoms with E-state index in [9.17, 15) is 4.79 Å². The number of nitrogens with zero attached hydrogens (tertiary/aromatic N) is 3. The van der Waals surface area contributed by atoms with Gasteiger partial charge in [0.25, 0.3) is 0 Å². The maximum Gasteiger partial charge on any atom is 0.236 e. The van der Waals surface area contributed by atoms with E-state index in [1.54, 1.807) is 0 Å². The first kappa shape index (κ1) is 19.2. The van der Waals surface area contributed by atoms with Gasteiger partial charge in [-0.1, -0.05) is 24.3 Å². The van der Waals surface area contributed by atoms with E-state index < -0.39 is 0 Å². The Balaban J connectivity index is 1.48. The van der Waals surface area contributed by atoms with Crippen molar-refractivity contribution in [2.45, 2.75) is 20.4 Å². The molecule has 0 N–H and O–H groups in total. The van der Waals surface area contributed by atoms with E-state index in [0.29, 0.717) is 19.0 Å². The van der Waals surface area contributed by atoms with Crippen LogP contribution in [0.3, 0.4) is 0 Å². The highest BCUT2D eigenvalue weighted by Crippen LogP contribution is 2.28. The lowest BCUT2D eigenvalue weighted by molar-refractivity contribution is -0.135. The van der Waals surface area contributed by atoms with Crippen LogP contribution in [-0.4, -0.2) is 46.9 Å². The van der Waals surface area contributed by atoms with Gasteiger partial charge in [0.05, 0.1) is 12.2 Å². The molecule has 1 fully saturated rings. The van der Waals surface area contributed by atoms with E-state index in [1.807, 2.05) is 73.3 Å². The molecule has 1 aliphatic heterocycles. The topological polar surface area (TPSA) is 58.8 Å². The average molecular weight is 391 g/mol. The molecule has 0 saturated carbocycles. The lowest BCUT2D eigenvalue weighted by atomic mass is 10.2. The van der Waals surface area contributed by atoms with Crippen molar-refractivity contribution in [2.24, 2.45) is 0 Å². The van der Waals surface area contributed by atoms with E-state index in [2.05, 4.69) is 4.90 Å². The van der Waals surface area contributed by atoms with Gasteiger partial charge in [0.15, 0.2) is 0 Å². The van der Waals surface area contributed by atoms with Gasteiger partial charge in [-0.15, -0.1) is 0 Å². The zero-order valence-corrected chi connectivity index (χ0v) is 16.8. The first-order chi connectivity index (χ1) is 14.1. The number of ether oxygens (including phenoxy) is 1. The molecule has 0 bridgehead atoms. The lowest BCUT2D eigenvalue weighted by Gasteiger charge is -2.33. The molecular formula is C23H25N3O3. The quantitative estimate of drug-likeness (QED) is 0.633. The molecule has 0 atom stereocenters. The molecule has 0 spiro atoms. The third-order valence-electron chi connectivity index (χ3n) is 5.11. The number of aromatic nitrogens is 1. The van der Waals surface area contributed by atoms with Gasteiger partial charge in [-0.25, -0.2) is 4.98 Å². The second-order valence-corrected chi connectivity index (χ2v) is 7.15. The summed E-state index contributed by atoms with van der Waals surface area (Å²) in [6.45, 7) is 7.34. The highest BCUT2D eigenvalue weighted by molar-refractivity contribution is 5.79. The second-order valence-electron chi connectivity index (χ2n) is 7.15.